The average Bonchev–Trinajstić information content (AvgIpc) is 2.05. The van der Waals surface area contributed by atoms with Gasteiger partial charge in [-0.3, -0.25) is 4.79 Å². The van der Waals surface area contributed by atoms with Crippen LogP contribution in [0.5, 0.6) is 5.75 Å². The third-order valence-electron chi connectivity index (χ3n) is 1.35. The Morgan fingerprint density at radius 2 is 2.36 bits per heavy atom. The van der Waals surface area contributed by atoms with Crippen molar-refractivity contribution in [1.82, 2.24) is 0 Å². The summed E-state index contributed by atoms with van der Waals surface area (Å²) in [5, 5.41) is 0. The largest absolute Gasteiger partial charge is 0.497 e. The molecule has 11 heavy (non-hydrogen) atoms. The maximum atomic E-state index is 10.6. The molecule has 0 radical (unpaired) electrons. The molecule has 1 amide bonds. The van der Waals surface area contributed by atoms with Crippen LogP contribution in [-0.2, 0) is 0 Å². The Kier molecular flexibility index (Phi) is 2.11. The summed E-state index contributed by atoms with van der Waals surface area (Å²) in [7, 11) is 1.54. The molecule has 2 N–H and O–H groups in total. The highest BCUT2D eigenvalue weighted by Crippen LogP contribution is 2.11. The molecule has 0 unspecified atom stereocenters. The fraction of sp³-hybridized carbons (Fsp3) is 0.125. The van der Waals surface area contributed by atoms with Gasteiger partial charge in [0.15, 0.2) is 0 Å². The molecule has 0 aromatic heterocycles. The van der Waals surface area contributed by atoms with E-state index in [0.29, 0.717) is 11.3 Å². The average molecular weight is 153 g/mol. The molecule has 0 aliphatic heterocycles. The molecule has 0 saturated heterocycles. The van der Waals surface area contributed by atoms with E-state index < -0.39 is 5.91 Å². The standard InChI is InChI=1S/C8H9NO2.H2/c1-11-7-4-2-3-6(5-7)8(9)10;/h2-5H,1H3,(H2,9,10);1H. The highest BCUT2D eigenvalue weighted by molar-refractivity contribution is 5.93. The molecule has 0 atom stereocenters. The predicted molar refractivity (Wildman–Crippen MR) is 43.6 cm³/mol. The molecular formula is C8H11NO2. The van der Waals surface area contributed by atoms with E-state index in [2.05, 4.69) is 0 Å². The van der Waals surface area contributed by atoms with Crippen LogP contribution in [0.1, 0.15) is 11.8 Å². The van der Waals surface area contributed by atoms with Gasteiger partial charge in [-0.1, -0.05) is 6.07 Å². The van der Waals surface area contributed by atoms with Gasteiger partial charge < -0.3 is 10.5 Å². The monoisotopic (exact) mass is 153 g/mol. The van der Waals surface area contributed by atoms with Gasteiger partial charge >= 0.3 is 0 Å². The van der Waals surface area contributed by atoms with Crippen molar-refractivity contribution in [1.29, 1.82) is 0 Å². The van der Waals surface area contributed by atoms with E-state index in [9.17, 15) is 4.79 Å². The van der Waals surface area contributed by atoms with Crippen LogP contribution in [0.4, 0.5) is 0 Å². The zero-order valence-corrected chi connectivity index (χ0v) is 6.20. The number of ether oxygens (including phenoxy) is 1. The van der Waals surface area contributed by atoms with E-state index in [-0.39, 0.29) is 1.43 Å². The summed E-state index contributed by atoms with van der Waals surface area (Å²) in [4.78, 5) is 10.6. The normalized spacial score (nSPS) is 9.18. The lowest BCUT2D eigenvalue weighted by Gasteiger charge is -1.99. The minimum atomic E-state index is -0.441. The number of hydrogen-bond acceptors (Lipinski definition) is 2. The van der Waals surface area contributed by atoms with Crippen molar-refractivity contribution in [2.75, 3.05) is 7.11 Å². The molecule has 0 aliphatic rings. The Hall–Kier alpha value is -1.51. The smallest absolute Gasteiger partial charge is 0.248 e. The fourth-order valence-corrected chi connectivity index (χ4v) is 0.776. The van der Waals surface area contributed by atoms with E-state index in [4.69, 9.17) is 10.5 Å². The number of carbonyl (C=O) groups excluding carboxylic acids is 1. The van der Waals surface area contributed by atoms with Crippen LogP contribution in [0.2, 0.25) is 0 Å². The highest BCUT2D eigenvalue weighted by Gasteiger charge is 1.99. The minimum Gasteiger partial charge on any atom is -0.497 e. The number of carbonyl (C=O) groups is 1. The lowest BCUT2D eigenvalue weighted by Crippen LogP contribution is -2.10. The number of benzene rings is 1. The molecule has 0 heterocycles. The summed E-state index contributed by atoms with van der Waals surface area (Å²) in [6.45, 7) is 0. The number of rotatable bonds is 2. The van der Waals surface area contributed by atoms with Crippen molar-refractivity contribution in [2.24, 2.45) is 5.73 Å². The maximum Gasteiger partial charge on any atom is 0.248 e. The van der Waals surface area contributed by atoms with Crippen LogP contribution in [0.25, 0.3) is 0 Å². The van der Waals surface area contributed by atoms with Gasteiger partial charge in [0.25, 0.3) is 0 Å². The van der Waals surface area contributed by atoms with Crippen molar-refractivity contribution in [3.05, 3.63) is 29.8 Å². The van der Waals surface area contributed by atoms with Gasteiger partial charge in [-0.15, -0.1) is 0 Å². The van der Waals surface area contributed by atoms with Crippen molar-refractivity contribution in [3.8, 4) is 5.75 Å². The van der Waals surface area contributed by atoms with Crippen LogP contribution >= 0.6 is 0 Å². The molecule has 1 aromatic rings. The van der Waals surface area contributed by atoms with Gasteiger partial charge in [0.2, 0.25) is 5.91 Å². The lowest BCUT2D eigenvalue weighted by molar-refractivity contribution is 0.1000. The van der Waals surface area contributed by atoms with E-state index in [1.807, 2.05) is 0 Å². The Morgan fingerprint density at radius 1 is 1.64 bits per heavy atom. The molecule has 3 nitrogen and oxygen atoms in total. The molecule has 0 spiro atoms. The molecule has 1 rings (SSSR count). The van der Waals surface area contributed by atoms with Crippen molar-refractivity contribution in [2.45, 2.75) is 0 Å². The number of hydrogen-bond donors (Lipinski definition) is 1. The first-order chi connectivity index (χ1) is 5.24. The topological polar surface area (TPSA) is 52.3 Å². The molecule has 60 valence electrons. The summed E-state index contributed by atoms with van der Waals surface area (Å²) in [5.41, 5.74) is 5.51. The van der Waals surface area contributed by atoms with Gasteiger partial charge in [0, 0.05) is 6.99 Å². The zero-order valence-electron chi connectivity index (χ0n) is 6.20. The van der Waals surface area contributed by atoms with E-state index in [1.54, 1.807) is 31.4 Å². The Labute approximate surface area is 66.3 Å². The zero-order chi connectivity index (χ0) is 8.27. The predicted octanol–water partition coefficient (Wildman–Crippen LogP) is 1.04. The van der Waals surface area contributed by atoms with Gasteiger partial charge in [0.1, 0.15) is 5.75 Å². The van der Waals surface area contributed by atoms with Crippen LogP contribution < -0.4 is 10.5 Å². The molecule has 0 fully saturated rings. The van der Waals surface area contributed by atoms with Gasteiger partial charge in [-0.05, 0) is 18.2 Å². The first kappa shape index (κ1) is 7.60. The fourth-order valence-electron chi connectivity index (χ4n) is 0.776. The Balaban J connectivity index is 0.00000121. The summed E-state index contributed by atoms with van der Waals surface area (Å²) in [5.74, 6) is 0.199. The second kappa shape index (κ2) is 3.05. The van der Waals surface area contributed by atoms with Gasteiger partial charge in [0.05, 0.1) is 7.11 Å². The van der Waals surface area contributed by atoms with Crippen LogP contribution in [-0.4, -0.2) is 13.0 Å². The molecular weight excluding hydrogens is 142 g/mol. The first-order valence-corrected chi connectivity index (χ1v) is 3.18. The maximum absolute atomic E-state index is 10.6. The third-order valence-corrected chi connectivity index (χ3v) is 1.35. The number of amides is 1. The summed E-state index contributed by atoms with van der Waals surface area (Å²) in [6.07, 6.45) is 0. The van der Waals surface area contributed by atoms with E-state index in [1.165, 1.54) is 0 Å². The Bertz CT molecular complexity index is 276. The van der Waals surface area contributed by atoms with Crippen molar-refractivity contribution < 1.29 is 11.0 Å². The highest BCUT2D eigenvalue weighted by atomic mass is 16.5. The summed E-state index contributed by atoms with van der Waals surface area (Å²) >= 11 is 0. The number of primary amides is 1. The van der Waals surface area contributed by atoms with Gasteiger partial charge in [-0.25, -0.2) is 0 Å². The summed E-state index contributed by atoms with van der Waals surface area (Å²) in [6, 6.07) is 6.72. The third kappa shape index (κ3) is 1.70. The molecule has 3 heteroatoms. The SMILES string of the molecule is COc1cccc(C(N)=O)c1.[HH]. The number of nitrogens with two attached hydrogens (primary N) is 1. The Morgan fingerprint density at radius 3 is 2.91 bits per heavy atom. The molecule has 0 aliphatic carbocycles. The quantitative estimate of drug-likeness (QED) is 0.690. The molecule has 0 bridgehead atoms. The second-order valence-corrected chi connectivity index (χ2v) is 2.10. The van der Waals surface area contributed by atoms with Crippen molar-refractivity contribution >= 4 is 5.91 Å². The second-order valence-electron chi connectivity index (χ2n) is 2.10. The lowest BCUT2D eigenvalue weighted by atomic mass is 10.2. The van der Waals surface area contributed by atoms with Crippen LogP contribution in [0.3, 0.4) is 0 Å². The van der Waals surface area contributed by atoms with E-state index in [0.717, 1.165) is 0 Å². The molecule has 0 saturated carbocycles. The minimum absolute atomic E-state index is 0. The van der Waals surface area contributed by atoms with Crippen molar-refractivity contribution in [3.63, 3.8) is 0 Å². The van der Waals surface area contributed by atoms with Gasteiger partial charge in [-0.2, -0.15) is 0 Å². The summed E-state index contributed by atoms with van der Waals surface area (Å²) < 4.78 is 4.90. The van der Waals surface area contributed by atoms with Crippen LogP contribution in [0.15, 0.2) is 24.3 Å². The van der Waals surface area contributed by atoms with Crippen LogP contribution in [0, 0.1) is 0 Å². The number of methoxy groups -OCH3 is 1. The molecule has 1 aromatic carbocycles. The van der Waals surface area contributed by atoms with E-state index >= 15 is 0 Å². The first-order valence-electron chi connectivity index (χ1n) is 3.18.